The maximum absolute atomic E-state index is 10.2. The molecule has 0 fully saturated rings. The molecule has 10 heavy (non-hydrogen) atoms. The van der Waals surface area contributed by atoms with Crippen molar-refractivity contribution in [1.29, 1.82) is 0 Å². The molecular formula is C5H12AsNO2S. The van der Waals surface area contributed by atoms with Gasteiger partial charge in [0.15, 0.2) is 0 Å². The van der Waals surface area contributed by atoms with Crippen molar-refractivity contribution >= 4 is 29.5 Å². The predicted molar refractivity (Wildman–Crippen MR) is 45.6 cm³/mol. The summed E-state index contributed by atoms with van der Waals surface area (Å²) >= 11 is -0.752. The molecular weight excluding hydrogens is 213 g/mol. The molecule has 1 atom stereocenters. The molecule has 0 radical (unpaired) electrons. The van der Waals surface area contributed by atoms with Gasteiger partial charge in [-0.15, -0.1) is 0 Å². The van der Waals surface area contributed by atoms with Crippen LogP contribution in [0.4, 0.5) is 0 Å². The van der Waals surface area contributed by atoms with Gasteiger partial charge in [-0.25, -0.2) is 0 Å². The first-order chi connectivity index (χ1) is 4.54. The van der Waals surface area contributed by atoms with E-state index in [9.17, 15) is 4.79 Å². The van der Waals surface area contributed by atoms with Crippen LogP contribution in [-0.4, -0.2) is 36.4 Å². The maximum atomic E-state index is 10.2. The van der Waals surface area contributed by atoms with Gasteiger partial charge in [0.25, 0.3) is 0 Å². The molecule has 0 aromatic carbocycles. The SMILES string of the molecule is C[As](C)SCC(N)C(=O)O. The van der Waals surface area contributed by atoms with Gasteiger partial charge in [0, 0.05) is 0 Å². The number of nitrogens with two attached hydrogens (primary N) is 1. The van der Waals surface area contributed by atoms with E-state index in [1.165, 1.54) is 0 Å². The van der Waals surface area contributed by atoms with Gasteiger partial charge in [-0.1, -0.05) is 0 Å². The fourth-order valence-electron chi connectivity index (χ4n) is 0.301. The van der Waals surface area contributed by atoms with Crippen molar-refractivity contribution < 1.29 is 9.90 Å². The van der Waals surface area contributed by atoms with E-state index in [1.54, 1.807) is 10.0 Å². The zero-order valence-electron chi connectivity index (χ0n) is 6.07. The molecule has 0 saturated heterocycles. The summed E-state index contributed by atoms with van der Waals surface area (Å²) < 4.78 is 0. The Labute approximate surface area is 68.6 Å². The number of hydrogen-bond acceptors (Lipinski definition) is 3. The van der Waals surface area contributed by atoms with E-state index in [0.29, 0.717) is 5.75 Å². The third kappa shape index (κ3) is 5.15. The van der Waals surface area contributed by atoms with Gasteiger partial charge in [0.05, 0.1) is 0 Å². The molecule has 1 unspecified atom stereocenters. The van der Waals surface area contributed by atoms with Crippen LogP contribution in [0.25, 0.3) is 0 Å². The third-order valence-electron chi connectivity index (χ3n) is 0.829. The number of carbonyl (C=O) groups is 1. The van der Waals surface area contributed by atoms with Crippen LogP contribution in [0.3, 0.4) is 0 Å². The summed E-state index contributed by atoms with van der Waals surface area (Å²) in [5, 5.41) is 8.37. The number of hydrogen-bond donors (Lipinski definition) is 2. The molecule has 5 heteroatoms. The molecule has 0 amide bonds. The zero-order valence-corrected chi connectivity index (χ0v) is 8.77. The van der Waals surface area contributed by atoms with E-state index in [4.69, 9.17) is 10.8 Å². The number of carboxylic acid groups (broad SMARTS) is 1. The van der Waals surface area contributed by atoms with Crippen LogP contribution in [0.1, 0.15) is 0 Å². The molecule has 0 heterocycles. The second-order valence-corrected chi connectivity index (χ2v) is 11.5. The minimum absolute atomic E-state index is 0.558. The zero-order chi connectivity index (χ0) is 8.15. The van der Waals surface area contributed by atoms with Gasteiger partial charge in [-0.2, -0.15) is 0 Å². The summed E-state index contributed by atoms with van der Waals surface area (Å²) in [6, 6.07) is -0.679. The fourth-order valence-corrected chi connectivity index (χ4v) is 3.79. The van der Waals surface area contributed by atoms with Crippen molar-refractivity contribution in [2.45, 2.75) is 17.5 Å². The molecule has 0 aliphatic rings. The first-order valence-electron chi connectivity index (χ1n) is 2.82. The third-order valence-corrected chi connectivity index (χ3v) is 6.04. The van der Waals surface area contributed by atoms with E-state index < -0.39 is 25.5 Å². The molecule has 0 rings (SSSR count). The number of carboxylic acids is 1. The Morgan fingerprint density at radius 2 is 2.30 bits per heavy atom. The summed E-state index contributed by atoms with van der Waals surface area (Å²) in [4.78, 5) is 10.2. The Morgan fingerprint density at radius 1 is 1.80 bits per heavy atom. The normalized spacial score (nSPS) is 13.6. The molecule has 3 nitrogen and oxygen atoms in total. The predicted octanol–water partition coefficient (Wildman–Crippen LogP) is 0.383. The topological polar surface area (TPSA) is 63.3 Å². The van der Waals surface area contributed by atoms with Gasteiger partial charge < -0.3 is 0 Å². The van der Waals surface area contributed by atoms with Crippen LogP contribution < -0.4 is 5.73 Å². The molecule has 0 saturated carbocycles. The molecule has 0 aliphatic carbocycles. The Kier molecular flexibility index (Phi) is 5.22. The Hall–Kier alpha value is 0.338. The van der Waals surface area contributed by atoms with Crippen molar-refractivity contribution in [3.8, 4) is 0 Å². The van der Waals surface area contributed by atoms with Gasteiger partial charge in [0.1, 0.15) is 0 Å². The summed E-state index contributed by atoms with van der Waals surface area (Å²) in [5.41, 5.74) is 9.59. The summed E-state index contributed by atoms with van der Waals surface area (Å²) in [6.07, 6.45) is 0. The van der Waals surface area contributed by atoms with Crippen LogP contribution in [0.2, 0.25) is 11.4 Å². The molecule has 0 aliphatic heterocycles. The fraction of sp³-hybridized carbons (Fsp3) is 0.800. The second-order valence-electron chi connectivity index (χ2n) is 2.05. The standard InChI is InChI=1S/C5H12AsNO2S/c1-6(2)10-3-4(7)5(8)9/h4H,3,7H2,1-2H3,(H,8,9). The van der Waals surface area contributed by atoms with E-state index in [0.717, 1.165) is 0 Å². The van der Waals surface area contributed by atoms with Crippen LogP contribution in [0.15, 0.2) is 0 Å². The van der Waals surface area contributed by atoms with E-state index >= 15 is 0 Å². The number of rotatable bonds is 4. The number of aliphatic carboxylic acids is 1. The molecule has 0 aromatic rings. The average Bonchev–Trinajstić information content (AvgIpc) is 1.82. The van der Waals surface area contributed by atoms with Crippen LogP contribution in [0.5, 0.6) is 0 Å². The Bertz CT molecular complexity index is 120. The average molecular weight is 225 g/mol. The quantitative estimate of drug-likeness (QED) is 0.679. The summed E-state index contributed by atoms with van der Waals surface area (Å²) in [7, 11) is 1.71. The van der Waals surface area contributed by atoms with E-state index in [-0.39, 0.29) is 0 Å². The van der Waals surface area contributed by atoms with Gasteiger partial charge in [-0.05, 0) is 0 Å². The van der Waals surface area contributed by atoms with Crippen molar-refractivity contribution in [3.63, 3.8) is 0 Å². The van der Waals surface area contributed by atoms with Gasteiger partial charge in [0.2, 0.25) is 0 Å². The van der Waals surface area contributed by atoms with Crippen LogP contribution >= 0.6 is 10.0 Å². The molecule has 0 aromatic heterocycles. The summed E-state index contributed by atoms with van der Waals surface area (Å²) in [6.45, 7) is 0. The molecule has 0 spiro atoms. The summed E-state index contributed by atoms with van der Waals surface area (Å²) in [5.74, 6) is -0.342. The Balaban J connectivity index is 3.40. The van der Waals surface area contributed by atoms with Crippen molar-refractivity contribution in [3.05, 3.63) is 0 Å². The van der Waals surface area contributed by atoms with Crippen molar-refractivity contribution in [1.82, 2.24) is 0 Å². The van der Waals surface area contributed by atoms with Crippen LogP contribution in [0, 0.1) is 0 Å². The van der Waals surface area contributed by atoms with E-state index in [1.807, 2.05) is 0 Å². The first kappa shape index (κ1) is 10.3. The van der Waals surface area contributed by atoms with Crippen LogP contribution in [-0.2, 0) is 4.79 Å². The second kappa shape index (κ2) is 5.05. The molecule has 0 bridgehead atoms. The van der Waals surface area contributed by atoms with E-state index in [2.05, 4.69) is 11.4 Å². The minimum atomic E-state index is -0.900. The monoisotopic (exact) mass is 225 g/mol. The van der Waals surface area contributed by atoms with Crippen molar-refractivity contribution in [2.75, 3.05) is 5.75 Å². The van der Waals surface area contributed by atoms with Gasteiger partial charge >= 0.3 is 68.3 Å². The molecule has 3 N–H and O–H groups in total. The Morgan fingerprint density at radius 3 is 2.60 bits per heavy atom. The van der Waals surface area contributed by atoms with Crippen molar-refractivity contribution in [2.24, 2.45) is 5.73 Å². The van der Waals surface area contributed by atoms with Gasteiger partial charge in [-0.3, -0.25) is 0 Å². The first-order valence-corrected chi connectivity index (χ1v) is 9.82. The molecule has 60 valence electrons.